The van der Waals surface area contributed by atoms with Crippen molar-refractivity contribution in [3.63, 3.8) is 0 Å². The molecular formula is C11H26O2. The Balaban J connectivity index is -0.000000500. The summed E-state index contributed by atoms with van der Waals surface area (Å²) in [7, 11) is 0. The first-order valence-corrected chi connectivity index (χ1v) is 4.03. The molecule has 1 unspecified atom stereocenters. The summed E-state index contributed by atoms with van der Waals surface area (Å²) in [5.74, 6) is -0.408. The van der Waals surface area contributed by atoms with Crippen LogP contribution in [0.2, 0.25) is 0 Å². The molecule has 0 radical (unpaired) electrons. The molecule has 1 atom stereocenters. The number of hydrogen-bond donors (Lipinski definition) is 1. The number of hydrogen-bond acceptors (Lipinski definition) is 1. The van der Waals surface area contributed by atoms with Gasteiger partial charge in [-0.3, -0.25) is 4.79 Å². The standard InChI is InChI=1S/C9H18O2.2CH4/c1-7(5-8(10)11)6-9(2,3)4;;/h7H,5-6H2,1-4H3,(H,10,11);2*1H4. The fraction of sp³-hybridized carbons (Fsp3) is 0.909. The summed E-state index contributed by atoms with van der Waals surface area (Å²) in [5.41, 5.74) is 0.245. The van der Waals surface area contributed by atoms with Gasteiger partial charge in [0.05, 0.1) is 0 Å². The number of aliphatic carboxylic acids is 1. The van der Waals surface area contributed by atoms with Gasteiger partial charge < -0.3 is 5.11 Å². The lowest BCUT2D eigenvalue weighted by Gasteiger charge is -2.21. The molecule has 2 heteroatoms. The summed E-state index contributed by atoms with van der Waals surface area (Å²) in [5, 5.41) is 8.48. The zero-order valence-corrected chi connectivity index (χ0v) is 7.85. The maximum absolute atomic E-state index is 10.3. The van der Waals surface area contributed by atoms with Crippen molar-refractivity contribution in [3.05, 3.63) is 0 Å². The highest BCUT2D eigenvalue weighted by molar-refractivity contribution is 5.66. The number of carboxylic acids is 1. The average Bonchev–Trinajstić information content (AvgIpc) is 1.53. The van der Waals surface area contributed by atoms with Crippen molar-refractivity contribution in [2.45, 2.75) is 55.4 Å². The molecule has 0 aliphatic rings. The van der Waals surface area contributed by atoms with Gasteiger partial charge in [-0.25, -0.2) is 0 Å². The molecule has 2 nitrogen and oxygen atoms in total. The van der Waals surface area contributed by atoms with Crippen LogP contribution in [-0.4, -0.2) is 11.1 Å². The predicted molar refractivity (Wildman–Crippen MR) is 59.0 cm³/mol. The molecule has 0 heterocycles. The second-order valence-electron chi connectivity index (χ2n) is 4.47. The third-order valence-corrected chi connectivity index (χ3v) is 1.48. The van der Waals surface area contributed by atoms with Gasteiger partial charge in [0.1, 0.15) is 0 Å². The molecule has 0 aromatic heterocycles. The molecule has 0 amide bonds. The van der Waals surface area contributed by atoms with Crippen LogP contribution in [0, 0.1) is 11.3 Å². The van der Waals surface area contributed by atoms with Gasteiger partial charge in [-0.15, -0.1) is 0 Å². The Hall–Kier alpha value is -0.530. The number of carbonyl (C=O) groups is 1. The van der Waals surface area contributed by atoms with E-state index in [1.807, 2.05) is 6.92 Å². The van der Waals surface area contributed by atoms with Crippen LogP contribution in [-0.2, 0) is 4.79 Å². The van der Waals surface area contributed by atoms with E-state index < -0.39 is 5.97 Å². The van der Waals surface area contributed by atoms with Gasteiger partial charge in [-0.05, 0) is 17.8 Å². The Labute approximate surface area is 83.4 Å². The highest BCUT2D eigenvalue weighted by atomic mass is 16.4. The molecule has 82 valence electrons. The minimum absolute atomic E-state index is 0. The second kappa shape index (κ2) is 6.93. The SMILES string of the molecule is C.C.CC(CC(=O)O)CC(C)(C)C. The summed E-state index contributed by atoms with van der Waals surface area (Å²) < 4.78 is 0. The quantitative estimate of drug-likeness (QED) is 0.734. The summed E-state index contributed by atoms with van der Waals surface area (Å²) in [6.07, 6.45) is 1.26. The lowest BCUT2D eigenvalue weighted by atomic mass is 9.84. The Morgan fingerprint density at radius 2 is 1.69 bits per heavy atom. The van der Waals surface area contributed by atoms with Gasteiger partial charge in [-0.1, -0.05) is 42.5 Å². The molecule has 0 aromatic carbocycles. The zero-order chi connectivity index (χ0) is 9.07. The first kappa shape index (κ1) is 18.3. The predicted octanol–water partition coefficient (Wildman–Crippen LogP) is 3.81. The molecule has 13 heavy (non-hydrogen) atoms. The molecule has 0 spiro atoms. The highest BCUT2D eigenvalue weighted by Crippen LogP contribution is 2.25. The van der Waals surface area contributed by atoms with E-state index in [1.165, 1.54) is 0 Å². The first-order chi connectivity index (χ1) is 4.81. The van der Waals surface area contributed by atoms with E-state index in [9.17, 15) is 4.79 Å². The third kappa shape index (κ3) is 14.3. The Morgan fingerprint density at radius 1 is 1.31 bits per heavy atom. The molecule has 0 bridgehead atoms. The van der Waals surface area contributed by atoms with Crippen molar-refractivity contribution < 1.29 is 9.90 Å². The third-order valence-electron chi connectivity index (χ3n) is 1.48. The van der Waals surface area contributed by atoms with E-state index in [-0.39, 0.29) is 32.6 Å². The van der Waals surface area contributed by atoms with E-state index in [4.69, 9.17) is 5.11 Å². The fourth-order valence-corrected chi connectivity index (χ4v) is 1.42. The highest BCUT2D eigenvalue weighted by Gasteiger charge is 2.16. The van der Waals surface area contributed by atoms with Gasteiger partial charge in [0, 0.05) is 6.42 Å². The maximum Gasteiger partial charge on any atom is 0.303 e. The van der Waals surface area contributed by atoms with Crippen LogP contribution >= 0.6 is 0 Å². The second-order valence-corrected chi connectivity index (χ2v) is 4.47. The van der Waals surface area contributed by atoms with Gasteiger partial charge in [-0.2, -0.15) is 0 Å². The molecule has 0 saturated carbocycles. The van der Waals surface area contributed by atoms with E-state index >= 15 is 0 Å². The summed E-state index contributed by atoms with van der Waals surface area (Å²) in [6, 6.07) is 0. The molecule has 0 fully saturated rings. The molecular weight excluding hydrogens is 164 g/mol. The smallest absolute Gasteiger partial charge is 0.303 e. The molecule has 0 aromatic rings. The van der Waals surface area contributed by atoms with E-state index in [0.717, 1.165) is 6.42 Å². The molecule has 1 N–H and O–H groups in total. The van der Waals surface area contributed by atoms with Crippen LogP contribution in [0.15, 0.2) is 0 Å². The largest absolute Gasteiger partial charge is 0.481 e. The lowest BCUT2D eigenvalue weighted by Crippen LogP contribution is -2.13. The normalized spacial score (nSPS) is 12.3. The lowest BCUT2D eigenvalue weighted by molar-refractivity contribution is -0.138. The van der Waals surface area contributed by atoms with Gasteiger partial charge >= 0.3 is 5.97 Å². The van der Waals surface area contributed by atoms with E-state index in [0.29, 0.717) is 0 Å². The van der Waals surface area contributed by atoms with Crippen LogP contribution in [0.5, 0.6) is 0 Å². The van der Waals surface area contributed by atoms with Crippen molar-refractivity contribution in [1.82, 2.24) is 0 Å². The fourth-order valence-electron chi connectivity index (χ4n) is 1.42. The summed E-state index contributed by atoms with van der Waals surface area (Å²) >= 11 is 0. The molecule has 0 aliphatic heterocycles. The Morgan fingerprint density at radius 3 is 1.92 bits per heavy atom. The van der Waals surface area contributed by atoms with Crippen molar-refractivity contribution >= 4 is 5.97 Å². The summed E-state index contributed by atoms with van der Waals surface area (Å²) in [6.45, 7) is 8.38. The Kier molecular flexibility index (Phi) is 9.75. The van der Waals surface area contributed by atoms with Gasteiger partial charge in [0.15, 0.2) is 0 Å². The van der Waals surface area contributed by atoms with Crippen LogP contribution in [0.25, 0.3) is 0 Å². The van der Waals surface area contributed by atoms with Crippen LogP contribution in [0.3, 0.4) is 0 Å². The van der Waals surface area contributed by atoms with Crippen molar-refractivity contribution in [1.29, 1.82) is 0 Å². The van der Waals surface area contributed by atoms with E-state index in [2.05, 4.69) is 20.8 Å². The number of rotatable bonds is 3. The zero-order valence-electron chi connectivity index (χ0n) is 7.85. The molecule has 0 saturated heterocycles. The van der Waals surface area contributed by atoms with Crippen molar-refractivity contribution in [2.24, 2.45) is 11.3 Å². The minimum Gasteiger partial charge on any atom is -0.481 e. The minimum atomic E-state index is -0.693. The van der Waals surface area contributed by atoms with Crippen LogP contribution in [0.4, 0.5) is 0 Å². The van der Waals surface area contributed by atoms with E-state index in [1.54, 1.807) is 0 Å². The van der Waals surface area contributed by atoms with Gasteiger partial charge in [0.25, 0.3) is 0 Å². The topological polar surface area (TPSA) is 37.3 Å². The first-order valence-electron chi connectivity index (χ1n) is 4.03. The van der Waals surface area contributed by atoms with Crippen LogP contribution in [0.1, 0.15) is 55.4 Å². The van der Waals surface area contributed by atoms with Crippen molar-refractivity contribution in [3.8, 4) is 0 Å². The molecule has 0 aliphatic carbocycles. The van der Waals surface area contributed by atoms with Crippen molar-refractivity contribution in [2.75, 3.05) is 0 Å². The molecule has 0 rings (SSSR count). The maximum atomic E-state index is 10.3. The summed E-state index contributed by atoms with van der Waals surface area (Å²) in [4.78, 5) is 10.3. The Bertz CT molecular complexity index is 134. The number of carboxylic acid groups (broad SMARTS) is 1. The monoisotopic (exact) mass is 190 g/mol. The van der Waals surface area contributed by atoms with Crippen LogP contribution < -0.4 is 0 Å². The van der Waals surface area contributed by atoms with Gasteiger partial charge in [0.2, 0.25) is 0 Å². The average molecular weight is 190 g/mol.